The minimum atomic E-state index is 0.0475. The van der Waals surface area contributed by atoms with Crippen molar-refractivity contribution in [1.82, 2.24) is 5.32 Å². The number of thiophene rings is 1. The average Bonchev–Trinajstić information content (AvgIpc) is 3.08. The molecule has 0 atom stereocenters. The highest BCUT2D eigenvalue weighted by Gasteiger charge is 2.13. The lowest BCUT2D eigenvalue weighted by Crippen LogP contribution is -2.25. The Bertz CT molecular complexity index is 574. The summed E-state index contributed by atoms with van der Waals surface area (Å²) in [7, 11) is 0. The zero-order chi connectivity index (χ0) is 13.1. The highest BCUT2D eigenvalue weighted by molar-refractivity contribution is 7.09. The summed E-state index contributed by atoms with van der Waals surface area (Å²) in [5, 5.41) is 5.06. The number of rotatable bonds is 4. The predicted molar refractivity (Wildman–Crippen MR) is 78.8 cm³/mol. The second-order valence-corrected chi connectivity index (χ2v) is 5.95. The van der Waals surface area contributed by atoms with Crippen LogP contribution in [0.3, 0.4) is 0 Å². The molecule has 1 heterocycles. The van der Waals surface area contributed by atoms with E-state index < -0.39 is 0 Å². The van der Waals surface area contributed by atoms with Crippen LogP contribution in [-0.2, 0) is 19.3 Å². The largest absolute Gasteiger partial charge is 0.352 e. The van der Waals surface area contributed by atoms with Gasteiger partial charge >= 0.3 is 0 Å². The third-order valence-electron chi connectivity index (χ3n) is 3.60. The lowest BCUT2D eigenvalue weighted by molar-refractivity contribution is 0.0954. The summed E-state index contributed by atoms with van der Waals surface area (Å²) in [6, 6.07) is 10.3. The molecule has 98 valence electrons. The summed E-state index contributed by atoms with van der Waals surface area (Å²) in [6.45, 7) is 0.705. The molecule has 0 unspecified atom stereocenters. The molecule has 2 aromatic rings. The molecule has 19 heavy (non-hydrogen) atoms. The fourth-order valence-electron chi connectivity index (χ4n) is 2.57. The topological polar surface area (TPSA) is 29.1 Å². The second-order valence-electron chi connectivity index (χ2n) is 4.92. The van der Waals surface area contributed by atoms with Crippen LogP contribution in [0.2, 0.25) is 0 Å². The van der Waals surface area contributed by atoms with E-state index in [-0.39, 0.29) is 5.91 Å². The van der Waals surface area contributed by atoms with Crippen LogP contribution in [0.5, 0.6) is 0 Å². The van der Waals surface area contributed by atoms with Crippen LogP contribution in [0.4, 0.5) is 0 Å². The molecule has 3 heteroatoms. The van der Waals surface area contributed by atoms with E-state index in [2.05, 4.69) is 28.9 Å². The molecular formula is C16H17NOS. The van der Waals surface area contributed by atoms with Crippen molar-refractivity contribution in [3.8, 4) is 0 Å². The summed E-state index contributed by atoms with van der Waals surface area (Å²) < 4.78 is 0. The maximum atomic E-state index is 12.1. The molecule has 1 aromatic carbocycles. The lowest BCUT2D eigenvalue weighted by atomic mass is 10.1. The molecule has 1 aliphatic rings. The fraction of sp³-hybridized carbons (Fsp3) is 0.312. The van der Waals surface area contributed by atoms with Gasteiger partial charge in [-0.15, -0.1) is 11.3 Å². The van der Waals surface area contributed by atoms with E-state index in [1.165, 1.54) is 22.4 Å². The van der Waals surface area contributed by atoms with Crippen molar-refractivity contribution in [2.75, 3.05) is 6.54 Å². The summed E-state index contributed by atoms with van der Waals surface area (Å²) in [4.78, 5) is 13.4. The highest BCUT2D eigenvalue weighted by atomic mass is 32.1. The Morgan fingerprint density at radius 3 is 2.95 bits per heavy atom. The van der Waals surface area contributed by atoms with Crippen LogP contribution in [-0.4, -0.2) is 12.5 Å². The summed E-state index contributed by atoms with van der Waals surface area (Å²) in [5.41, 5.74) is 3.56. The number of amides is 1. The zero-order valence-corrected chi connectivity index (χ0v) is 11.6. The van der Waals surface area contributed by atoms with Crippen molar-refractivity contribution in [1.29, 1.82) is 0 Å². The highest BCUT2D eigenvalue weighted by Crippen LogP contribution is 2.22. The van der Waals surface area contributed by atoms with E-state index >= 15 is 0 Å². The molecule has 0 aliphatic heterocycles. The van der Waals surface area contributed by atoms with E-state index in [0.29, 0.717) is 6.54 Å². The Kier molecular flexibility index (Phi) is 3.65. The first kappa shape index (κ1) is 12.4. The van der Waals surface area contributed by atoms with Crippen molar-refractivity contribution in [2.45, 2.75) is 25.7 Å². The van der Waals surface area contributed by atoms with Gasteiger partial charge in [-0.25, -0.2) is 0 Å². The van der Waals surface area contributed by atoms with Crippen LogP contribution in [0.1, 0.15) is 32.8 Å². The van der Waals surface area contributed by atoms with Crippen LogP contribution in [0, 0.1) is 0 Å². The first-order chi connectivity index (χ1) is 9.33. The smallest absolute Gasteiger partial charge is 0.251 e. The first-order valence-corrected chi connectivity index (χ1v) is 7.63. The molecule has 0 saturated heterocycles. The number of benzene rings is 1. The van der Waals surface area contributed by atoms with Crippen molar-refractivity contribution >= 4 is 17.2 Å². The number of carbonyl (C=O) groups is 1. The summed E-state index contributed by atoms with van der Waals surface area (Å²) in [6.07, 6.45) is 4.41. The molecule has 0 saturated carbocycles. The number of carbonyl (C=O) groups excluding carboxylic acids is 1. The third kappa shape index (κ3) is 2.87. The van der Waals surface area contributed by atoms with E-state index in [1.807, 2.05) is 12.1 Å². The summed E-state index contributed by atoms with van der Waals surface area (Å²) in [5.74, 6) is 0.0475. The number of hydrogen-bond acceptors (Lipinski definition) is 2. The monoisotopic (exact) mass is 271 g/mol. The minimum Gasteiger partial charge on any atom is -0.352 e. The Balaban J connectivity index is 1.58. The van der Waals surface area contributed by atoms with Gasteiger partial charge < -0.3 is 5.32 Å². The normalized spacial score (nSPS) is 13.3. The fourth-order valence-corrected chi connectivity index (χ4v) is 3.28. The van der Waals surface area contributed by atoms with Crippen molar-refractivity contribution in [3.05, 3.63) is 57.3 Å². The molecule has 3 rings (SSSR count). The number of fused-ring (bicyclic) bond motifs is 1. The van der Waals surface area contributed by atoms with E-state index in [9.17, 15) is 4.79 Å². The van der Waals surface area contributed by atoms with Crippen LogP contribution >= 0.6 is 11.3 Å². The van der Waals surface area contributed by atoms with E-state index in [4.69, 9.17) is 0 Å². The number of hydrogen-bond donors (Lipinski definition) is 1. The average molecular weight is 271 g/mol. The quantitative estimate of drug-likeness (QED) is 0.909. The minimum absolute atomic E-state index is 0.0475. The molecular weight excluding hydrogens is 254 g/mol. The Hall–Kier alpha value is -1.61. The van der Waals surface area contributed by atoms with Crippen molar-refractivity contribution in [2.24, 2.45) is 0 Å². The summed E-state index contributed by atoms with van der Waals surface area (Å²) >= 11 is 1.74. The van der Waals surface area contributed by atoms with E-state index in [0.717, 1.165) is 24.8 Å². The number of nitrogens with one attached hydrogen (secondary N) is 1. The SMILES string of the molecule is O=C(NCCc1cccs1)c1ccc2c(c1)CCC2. The van der Waals surface area contributed by atoms with Gasteiger partial charge in [0.1, 0.15) is 0 Å². The Labute approximate surface area is 117 Å². The molecule has 0 spiro atoms. The molecule has 1 N–H and O–H groups in total. The predicted octanol–water partition coefficient (Wildman–Crippen LogP) is 3.21. The van der Waals surface area contributed by atoms with E-state index in [1.54, 1.807) is 11.3 Å². The number of aryl methyl sites for hydroxylation is 2. The zero-order valence-electron chi connectivity index (χ0n) is 10.8. The maximum absolute atomic E-state index is 12.1. The van der Waals surface area contributed by atoms with Gasteiger partial charge in [0, 0.05) is 17.0 Å². The second kappa shape index (κ2) is 5.57. The molecule has 2 nitrogen and oxygen atoms in total. The van der Waals surface area contributed by atoms with Gasteiger partial charge in [-0.3, -0.25) is 4.79 Å². The Morgan fingerprint density at radius 1 is 1.21 bits per heavy atom. The molecule has 0 radical (unpaired) electrons. The van der Waals surface area contributed by atoms with Gasteiger partial charge in [-0.05, 0) is 60.4 Å². The third-order valence-corrected chi connectivity index (χ3v) is 4.53. The van der Waals surface area contributed by atoms with Gasteiger partial charge in [-0.2, -0.15) is 0 Å². The molecule has 1 amide bonds. The molecule has 0 fully saturated rings. The van der Waals surface area contributed by atoms with Crippen LogP contribution in [0.25, 0.3) is 0 Å². The standard InChI is InChI=1S/C16H17NOS/c18-16(17-9-8-15-5-2-10-19-15)14-7-6-12-3-1-4-13(12)11-14/h2,5-7,10-11H,1,3-4,8-9H2,(H,17,18). The molecule has 0 bridgehead atoms. The Morgan fingerprint density at radius 2 is 2.11 bits per heavy atom. The van der Waals surface area contributed by atoms with Gasteiger partial charge in [-0.1, -0.05) is 12.1 Å². The van der Waals surface area contributed by atoms with Gasteiger partial charge in [0.2, 0.25) is 0 Å². The maximum Gasteiger partial charge on any atom is 0.251 e. The van der Waals surface area contributed by atoms with Crippen molar-refractivity contribution < 1.29 is 4.79 Å². The van der Waals surface area contributed by atoms with Crippen LogP contribution < -0.4 is 5.32 Å². The van der Waals surface area contributed by atoms with Gasteiger partial charge in [0.15, 0.2) is 0 Å². The van der Waals surface area contributed by atoms with Gasteiger partial charge in [0.05, 0.1) is 0 Å². The van der Waals surface area contributed by atoms with Crippen molar-refractivity contribution in [3.63, 3.8) is 0 Å². The molecule has 1 aromatic heterocycles. The molecule has 1 aliphatic carbocycles. The van der Waals surface area contributed by atoms with Gasteiger partial charge in [0.25, 0.3) is 5.91 Å². The van der Waals surface area contributed by atoms with Crippen LogP contribution in [0.15, 0.2) is 35.7 Å². The lowest BCUT2D eigenvalue weighted by Gasteiger charge is -2.06. The first-order valence-electron chi connectivity index (χ1n) is 6.75.